The van der Waals surface area contributed by atoms with E-state index in [1.807, 2.05) is 36.4 Å². The Morgan fingerprint density at radius 3 is 2.72 bits per heavy atom. The molecule has 0 saturated carbocycles. The predicted octanol–water partition coefficient (Wildman–Crippen LogP) is 7.31. The van der Waals surface area contributed by atoms with Crippen molar-refractivity contribution in [3.8, 4) is 17.2 Å². The number of hydrogen-bond donors (Lipinski definition) is 2. The van der Waals surface area contributed by atoms with Gasteiger partial charge in [-0.25, -0.2) is 4.98 Å². The maximum Gasteiger partial charge on any atom is 0.257 e. The average molecular weight is 502 g/mol. The number of aromatic nitrogens is 1. The Balaban J connectivity index is 1.42. The summed E-state index contributed by atoms with van der Waals surface area (Å²) in [4.78, 5) is 17.4. The third kappa shape index (κ3) is 6.29. The van der Waals surface area contributed by atoms with Crippen molar-refractivity contribution in [2.45, 2.75) is 46.0 Å². The van der Waals surface area contributed by atoms with Gasteiger partial charge in [-0.05, 0) is 85.1 Å². The van der Waals surface area contributed by atoms with E-state index in [2.05, 4.69) is 43.5 Å². The molecule has 4 aromatic rings. The molecule has 3 aromatic carbocycles. The molecule has 0 saturated heterocycles. The van der Waals surface area contributed by atoms with Gasteiger partial charge < -0.3 is 14.5 Å². The first kappa shape index (κ1) is 25.4. The molecule has 2 N–H and O–H groups in total. The number of carbonyl (C=O) groups excluding carboxylic acids is 1. The zero-order chi connectivity index (χ0) is 25.5. The number of unbranched alkanes of at least 4 members (excludes halogenated alkanes) is 1. The van der Waals surface area contributed by atoms with Gasteiger partial charge in [0, 0.05) is 16.8 Å². The van der Waals surface area contributed by atoms with E-state index in [0.717, 1.165) is 41.6 Å². The van der Waals surface area contributed by atoms with Crippen molar-refractivity contribution in [2.24, 2.45) is 0 Å². The van der Waals surface area contributed by atoms with Crippen molar-refractivity contribution in [1.82, 2.24) is 10.3 Å². The summed E-state index contributed by atoms with van der Waals surface area (Å²) in [5, 5.41) is 6.00. The number of fused-ring (bicyclic) bond motifs is 1. The number of amides is 1. The summed E-state index contributed by atoms with van der Waals surface area (Å²) >= 11 is 5.38. The lowest BCUT2D eigenvalue weighted by Crippen LogP contribution is -2.34. The number of oxazole rings is 1. The maximum atomic E-state index is 12.7. The first-order valence-corrected chi connectivity index (χ1v) is 12.7. The Labute approximate surface area is 217 Å². The van der Waals surface area contributed by atoms with E-state index in [4.69, 9.17) is 26.4 Å². The zero-order valence-electron chi connectivity index (χ0n) is 20.8. The highest BCUT2D eigenvalue weighted by molar-refractivity contribution is 7.80. The van der Waals surface area contributed by atoms with Gasteiger partial charge in [-0.1, -0.05) is 45.4 Å². The number of ether oxygens (including phenoxy) is 1. The quantitative estimate of drug-likeness (QED) is 0.185. The Bertz CT molecular complexity index is 1360. The van der Waals surface area contributed by atoms with Gasteiger partial charge in [-0.3, -0.25) is 10.1 Å². The van der Waals surface area contributed by atoms with Gasteiger partial charge in [0.2, 0.25) is 5.89 Å². The minimum absolute atomic E-state index is 0.199. The smallest absolute Gasteiger partial charge is 0.257 e. The summed E-state index contributed by atoms with van der Waals surface area (Å²) in [5.74, 6) is 1.36. The van der Waals surface area contributed by atoms with Crippen molar-refractivity contribution in [3.05, 3.63) is 77.9 Å². The summed E-state index contributed by atoms with van der Waals surface area (Å²) in [6.07, 6.45) is 3.08. The number of hydrogen-bond acceptors (Lipinski definition) is 5. The molecule has 0 aliphatic heterocycles. The number of carbonyl (C=O) groups is 1. The third-order valence-corrected chi connectivity index (χ3v) is 6.25. The molecule has 0 radical (unpaired) electrons. The molecule has 1 aromatic heterocycles. The van der Waals surface area contributed by atoms with Crippen LogP contribution >= 0.6 is 12.2 Å². The second-order valence-electron chi connectivity index (χ2n) is 8.77. The molecule has 6 nitrogen and oxygen atoms in total. The number of anilines is 1. The van der Waals surface area contributed by atoms with Crippen molar-refractivity contribution in [3.63, 3.8) is 0 Å². The molecule has 4 rings (SSSR count). The molecule has 36 heavy (non-hydrogen) atoms. The second-order valence-corrected chi connectivity index (χ2v) is 9.18. The lowest BCUT2D eigenvalue weighted by atomic mass is 9.98. The Morgan fingerprint density at radius 2 is 1.92 bits per heavy atom. The van der Waals surface area contributed by atoms with Crippen molar-refractivity contribution in [1.29, 1.82) is 0 Å². The first-order valence-electron chi connectivity index (χ1n) is 12.3. The van der Waals surface area contributed by atoms with Gasteiger partial charge in [-0.2, -0.15) is 0 Å². The minimum atomic E-state index is -0.305. The molecule has 1 atom stereocenters. The molecule has 0 bridgehead atoms. The van der Waals surface area contributed by atoms with Gasteiger partial charge in [0.1, 0.15) is 11.3 Å². The summed E-state index contributed by atoms with van der Waals surface area (Å²) in [6.45, 7) is 7.11. The fourth-order valence-corrected chi connectivity index (χ4v) is 3.95. The van der Waals surface area contributed by atoms with E-state index in [1.54, 1.807) is 18.2 Å². The fraction of sp³-hybridized carbons (Fsp3) is 0.276. The van der Waals surface area contributed by atoms with E-state index in [9.17, 15) is 4.79 Å². The maximum absolute atomic E-state index is 12.7. The van der Waals surface area contributed by atoms with E-state index < -0.39 is 0 Å². The van der Waals surface area contributed by atoms with Crippen molar-refractivity contribution in [2.75, 3.05) is 11.9 Å². The summed E-state index contributed by atoms with van der Waals surface area (Å²) in [7, 11) is 0. The van der Waals surface area contributed by atoms with Crippen molar-refractivity contribution < 1.29 is 13.9 Å². The summed E-state index contributed by atoms with van der Waals surface area (Å²) < 4.78 is 11.7. The molecule has 0 aliphatic carbocycles. The van der Waals surface area contributed by atoms with Crippen LogP contribution < -0.4 is 15.4 Å². The summed E-state index contributed by atoms with van der Waals surface area (Å²) in [6, 6.07) is 20.8. The number of rotatable bonds is 9. The number of nitrogens with zero attached hydrogens (tertiary/aromatic N) is 1. The highest BCUT2D eigenvalue weighted by Crippen LogP contribution is 2.29. The van der Waals surface area contributed by atoms with Crippen LogP contribution in [-0.2, 0) is 0 Å². The highest BCUT2D eigenvalue weighted by Gasteiger charge is 2.13. The molecule has 0 fully saturated rings. The third-order valence-electron chi connectivity index (χ3n) is 6.05. The highest BCUT2D eigenvalue weighted by atomic mass is 32.1. The predicted molar refractivity (Wildman–Crippen MR) is 149 cm³/mol. The average Bonchev–Trinajstić information content (AvgIpc) is 3.32. The first-order chi connectivity index (χ1) is 17.5. The van der Waals surface area contributed by atoms with Crippen LogP contribution in [0.4, 0.5) is 5.69 Å². The number of thiocarbonyl (C=S) groups is 1. The van der Waals surface area contributed by atoms with Crippen LogP contribution in [0, 0.1) is 0 Å². The molecular formula is C29H31N3O3S. The molecule has 0 aliphatic rings. The fourth-order valence-electron chi connectivity index (χ4n) is 3.74. The standard InChI is InChI=1S/C29H31N3O3S/c1-4-6-15-34-24-12-8-9-21(17-24)27(33)32-29(36)30-23-11-7-10-22(16-23)28-31-25-18-20(19(3)5-2)13-14-26(25)35-28/h7-14,16-19H,4-6,15H2,1-3H3,(H2,30,32,33,36). The molecule has 1 heterocycles. The van der Waals surface area contributed by atoms with Crippen molar-refractivity contribution >= 4 is 40.0 Å². The Morgan fingerprint density at radius 1 is 1.08 bits per heavy atom. The zero-order valence-corrected chi connectivity index (χ0v) is 21.7. The molecule has 186 valence electrons. The van der Waals surface area contributed by atoms with Crippen LogP contribution in [0.3, 0.4) is 0 Å². The summed E-state index contributed by atoms with van der Waals surface area (Å²) in [5.41, 5.74) is 4.85. The van der Waals surface area contributed by atoms with Gasteiger partial charge in [-0.15, -0.1) is 0 Å². The molecule has 7 heteroatoms. The van der Waals surface area contributed by atoms with Gasteiger partial charge in [0.05, 0.1) is 6.61 Å². The minimum Gasteiger partial charge on any atom is -0.494 e. The normalized spacial score (nSPS) is 11.8. The van der Waals surface area contributed by atoms with Crippen LogP contribution in [0.25, 0.3) is 22.6 Å². The van der Waals surface area contributed by atoms with Gasteiger partial charge in [0.15, 0.2) is 10.7 Å². The number of benzene rings is 3. The monoisotopic (exact) mass is 501 g/mol. The van der Waals surface area contributed by atoms with E-state index in [-0.39, 0.29) is 11.0 Å². The Kier molecular flexibility index (Phi) is 8.33. The van der Waals surface area contributed by atoms with Crippen LogP contribution in [0.2, 0.25) is 0 Å². The van der Waals surface area contributed by atoms with E-state index >= 15 is 0 Å². The topological polar surface area (TPSA) is 76.4 Å². The lowest BCUT2D eigenvalue weighted by Gasteiger charge is -2.11. The van der Waals surface area contributed by atoms with Crippen LogP contribution in [0.5, 0.6) is 5.75 Å². The van der Waals surface area contributed by atoms with Crippen LogP contribution in [-0.4, -0.2) is 22.6 Å². The van der Waals surface area contributed by atoms with Crippen LogP contribution in [0.1, 0.15) is 61.9 Å². The van der Waals surface area contributed by atoms with Gasteiger partial charge >= 0.3 is 0 Å². The van der Waals surface area contributed by atoms with Gasteiger partial charge in [0.25, 0.3) is 5.91 Å². The Hall–Kier alpha value is -3.71. The number of nitrogens with one attached hydrogen (secondary N) is 2. The molecular weight excluding hydrogens is 470 g/mol. The molecule has 0 spiro atoms. The second kappa shape index (κ2) is 11.8. The largest absolute Gasteiger partial charge is 0.494 e. The van der Waals surface area contributed by atoms with Crippen LogP contribution in [0.15, 0.2) is 71.1 Å². The SMILES string of the molecule is CCCCOc1cccc(C(=O)NC(=S)Nc2cccc(-c3nc4cc(C(C)CC)ccc4o3)c2)c1. The van der Waals surface area contributed by atoms with E-state index in [0.29, 0.717) is 29.7 Å². The molecule has 1 amide bonds. The molecule has 1 unspecified atom stereocenters. The van der Waals surface area contributed by atoms with E-state index in [1.165, 1.54) is 5.56 Å². The lowest BCUT2D eigenvalue weighted by molar-refractivity contribution is 0.0977.